The second-order valence-electron chi connectivity index (χ2n) is 5.64. The van der Waals surface area contributed by atoms with Crippen LogP contribution in [0.25, 0.3) is 0 Å². The van der Waals surface area contributed by atoms with E-state index in [1.54, 1.807) is 24.5 Å². The molecule has 1 aromatic heterocycles. The third kappa shape index (κ3) is 3.52. The van der Waals surface area contributed by atoms with Crippen molar-refractivity contribution in [2.24, 2.45) is 0 Å². The fourth-order valence-electron chi connectivity index (χ4n) is 2.93. The number of carbonyl (C=O) groups excluding carboxylic acids is 1. The maximum absolute atomic E-state index is 12.8. The SMILES string of the molecule is O=C(c1ccncc1)N1CCCNCC1Cc1ccccc1. The molecule has 1 aromatic carbocycles. The van der Waals surface area contributed by atoms with Crippen LogP contribution in [0, 0.1) is 0 Å². The Labute approximate surface area is 131 Å². The van der Waals surface area contributed by atoms with E-state index in [1.165, 1.54) is 5.56 Å². The molecule has 0 aliphatic carbocycles. The summed E-state index contributed by atoms with van der Waals surface area (Å²) in [6, 6.07) is 14.1. The summed E-state index contributed by atoms with van der Waals surface area (Å²) in [4.78, 5) is 18.8. The minimum atomic E-state index is 0.104. The first-order valence-corrected chi connectivity index (χ1v) is 7.80. The monoisotopic (exact) mass is 295 g/mol. The number of hydrogen-bond donors (Lipinski definition) is 1. The average molecular weight is 295 g/mol. The van der Waals surface area contributed by atoms with Crippen molar-refractivity contribution in [2.45, 2.75) is 18.9 Å². The smallest absolute Gasteiger partial charge is 0.254 e. The fourth-order valence-corrected chi connectivity index (χ4v) is 2.93. The van der Waals surface area contributed by atoms with Gasteiger partial charge in [0.15, 0.2) is 0 Å². The Morgan fingerprint density at radius 2 is 1.95 bits per heavy atom. The van der Waals surface area contributed by atoms with E-state index in [2.05, 4.69) is 34.6 Å². The summed E-state index contributed by atoms with van der Waals surface area (Å²) < 4.78 is 0. The molecule has 1 saturated heterocycles. The normalized spacial score (nSPS) is 18.7. The Morgan fingerprint density at radius 3 is 2.73 bits per heavy atom. The molecule has 2 aromatic rings. The molecule has 0 radical (unpaired) electrons. The highest BCUT2D eigenvalue weighted by atomic mass is 16.2. The second kappa shape index (κ2) is 7.18. The molecule has 0 saturated carbocycles. The van der Waals surface area contributed by atoms with Gasteiger partial charge in [0.05, 0.1) is 0 Å². The maximum Gasteiger partial charge on any atom is 0.254 e. The van der Waals surface area contributed by atoms with Gasteiger partial charge in [-0.3, -0.25) is 9.78 Å². The molecular formula is C18H21N3O. The molecular weight excluding hydrogens is 274 g/mol. The van der Waals surface area contributed by atoms with Gasteiger partial charge in [0.2, 0.25) is 0 Å². The first-order valence-electron chi connectivity index (χ1n) is 7.80. The Bertz CT molecular complexity index is 600. The molecule has 114 valence electrons. The van der Waals surface area contributed by atoms with Crippen LogP contribution in [-0.4, -0.2) is 41.5 Å². The third-order valence-electron chi connectivity index (χ3n) is 4.08. The second-order valence-corrected chi connectivity index (χ2v) is 5.64. The summed E-state index contributed by atoms with van der Waals surface area (Å²) >= 11 is 0. The standard InChI is InChI=1S/C18H21N3O/c22-18(16-7-10-19-11-8-16)21-12-4-9-20-14-17(21)13-15-5-2-1-3-6-15/h1-3,5-8,10-11,17,20H,4,9,12-14H2. The number of nitrogens with zero attached hydrogens (tertiary/aromatic N) is 2. The molecule has 3 rings (SSSR count). The number of benzene rings is 1. The van der Waals surface area contributed by atoms with E-state index in [0.717, 1.165) is 38.0 Å². The number of rotatable bonds is 3. The molecule has 1 unspecified atom stereocenters. The van der Waals surface area contributed by atoms with Crippen LogP contribution in [0.5, 0.6) is 0 Å². The highest BCUT2D eigenvalue weighted by molar-refractivity contribution is 5.94. The summed E-state index contributed by atoms with van der Waals surface area (Å²) in [5.41, 5.74) is 1.98. The first kappa shape index (κ1) is 14.7. The van der Waals surface area contributed by atoms with Crippen LogP contribution in [0.4, 0.5) is 0 Å². The van der Waals surface area contributed by atoms with E-state index in [9.17, 15) is 4.79 Å². The van der Waals surface area contributed by atoms with Gasteiger partial charge in [-0.2, -0.15) is 0 Å². The van der Waals surface area contributed by atoms with Crippen molar-refractivity contribution in [1.29, 1.82) is 0 Å². The Hall–Kier alpha value is -2.20. The zero-order valence-corrected chi connectivity index (χ0v) is 12.6. The van der Waals surface area contributed by atoms with Crippen LogP contribution in [-0.2, 0) is 6.42 Å². The van der Waals surface area contributed by atoms with Crippen LogP contribution < -0.4 is 5.32 Å². The summed E-state index contributed by atoms with van der Waals surface area (Å²) in [5, 5.41) is 3.45. The Kier molecular flexibility index (Phi) is 4.81. The first-order chi connectivity index (χ1) is 10.8. The van der Waals surface area contributed by atoms with E-state index in [1.807, 2.05) is 11.0 Å². The highest BCUT2D eigenvalue weighted by Crippen LogP contribution is 2.15. The average Bonchev–Trinajstić information content (AvgIpc) is 2.81. The van der Waals surface area contributed by atoms with Crippen molar-refractivity contribution >= 4 is 5.91 Å². The molecule has 1 aliphatic rings. The van der Waals surface area contributed by atoms with Crippen molar-refractivity contribution in [3.8, 4) is 0 Å². The predicted molar refractivity (Wildman–Crippen MR) is 86.7 cm³/mol. The molecule has 1 N–H and O–H groups in total. The van der Waals surface area contributed by atoms with Crippen LogP contribution in [0.1, 0.15) is 22.3 Å². The topological polar surface area (TPSA) is 45.2 Å². The van der Waals surface area contributed by atoms with Gasteiger partial charge in [0.25, 0.3) is 5.91 Å². The fraction of sp³-hybridized carbons (Fsp3) is 0.333. The zero-order valence-electron chi connectivity index (χ0n) is 12.6. The van der Waals surface area contributed by atoms with Gasteiger partial charge in [-0.05, 0) is 37.1 Å². The predicted octanol–water partition coefficient (Wildman–Crippen LogP) is 2.13. The quantitative estimate of drug-likeness (QED) is 0.943. The molecule has 22 heavy (non-hydrogen) atoms. The number of nitrogens with one attached hydrogen (secondary N) is 1. The lowest BCUT2D eigenvalue weighted by atomic mass is 10.0. The number of pyridine rings is 1. The lowest BCUT2D eigenvalue weighted by Gasteiger charge is -2.30. The number of carbonyl (C=O) groups is 1. The lowest BCUT2D eigenvalue weighted by Crippen LogP contribution is -2.45. The van der Waals surface area contributed by atoms with Crippen LogP contribution in [0.2, 0.25) is 0 Å². The zero-order chi connectivity index (χ0) is 15.2. The highest BCUT2D eigenvalue weighted by Gasteiger charge is 2.26. The van der Waals surface area contributed by atoms with Gasteiger partial charge in [-0.25, -0.2) is 0 Å². The van der Waals surface area contributed by atoms with Gasteiger partial charge < -0.3 is 10.2 Å². The van der Waals surface area contributed by atoms with Crippen LogP contribution >= 0.6 is 0 Å². The molecule has 1 amide bonds. The molecule has 2 heterocycles. The van der Waals surface area contributed by atoms with E-state index in [4.69, 9.17) is 0 Å². The van der Waals surface area contributed by atoms with Crippen LogP contribution in [0.15, 0.2) is 54.9 Å². The molecule has 1 aliphatic heterocycles. The molecule has 0 spiro atoms. The molecule has 4 heteroatoms. The summed E-state index contributed by atoms with van der Waals surface area (Å²) in [7, 11) is 0. The minimum absolute atomic E-state index is 0.104. The maximum atomic E-state index is 12.8. The largest absolute Gasteiger partial charge is 0.334 e. The van der Waals surface area contributed by atoms with Crippen LogP contribution in [0.3, 0.4) is 0 Å². The third-order valence-corrected chi connectivity index (χ3v) is 4.08. The number of hydrogen-bond acceptors (Lipinski definition) is 3. The van der Waals surface area contributed by atoms with E-state index < -0.39 is 0 Å². The van der Waals surface area contributed by atoms with Crippen molar-refractivity contribution in [1.82, 2.24) is 15.2 Å². The molecule has 1 atom stereocenters. The summed E-state index contributed by atoms with van der Waals surface area (Å²) in [6.45, 7) is 2.60. The summed E-state index contributed by atoms with van der Waals surface area (Å²) in [6.07, 6.45) is 5.22. The van der Waals surface area contributed by atoms with Crippen molar-refractivity contribution in [3.63, 3.8) is 0 Å². The molecule has 4 nitrogen and oxygen atoms in total. The van der Waals surface area contributed by atoms with Gasteiger partial charge in [0.1, 0.15) is 0 Å². The number of amides is 1. The molecule has 1 fully saturated rings. The van der Waals surface area contributed by atoms with Crippen molar-refractivity contribution < 1.29 is 4.79 Å². The molecule has 0 bridgehead atoms. The summed E-state index contributed by atoms with van der Waals surface area (Å²) in [5.74, 6) is 0.104. The van der Waals surface area contributed by atoms with Crippen molar-refractivity contribution in [2.75, 3.05) is 19.6 Å². The van der Waals surface area contributed by atoms with E-state index in [0.29, 0.717) is 0 Å². The van der Waals surface area contributed by atoms with Gasteiger partial charge in [-0.15, -0.1) is 0 Å². The van der Waals surface area contributed by atoms with Gasteiger partial charge in [0, 0.05) is 37.1 Å². The van der Waals surface area contributed by atoms with Gasteiger partial charge >= 0.3 is 0 Å². The van der Waals surface area contributed by atoms with Crippen molar-refractivity contribution in [3.05, 3.63) is 66.0 Å². The lowest BCUT2D eigenvalue weighted by molar-refractivity contribution is 0.0692. The Morgan fingerprint density at radius 1 is 1.18 bits per heavy atom. The minimum Gasteiger partial charge on any atom is -0.334 e. The van der Waals surface area contributed by atoms with Gasteiger partial charge in [-0.1, -0.05) is 30.3 Å². The number of aromatic nitrogens is 1. The van der Waals surface area contributed by atoms with E-state index >= 15 is 0 Å². The van der Waals surface area contributed by atoms with E-state index in [-0.39, 0.29) is 11.9 Å². The Balaban J connectivity index is 1.80.